The zero-order valence-corrected chi connectivity index (χ0v) is 13.2. The Hall–Kier alpha value is -2.83. The minimum atomic E-state index is -0.350. The predicted molar refractivity (Wildman–Crippen MR) is 85.1 cm³/mol. The van der Waals surface area contributed by atoms with Crippen LogP contribution in [-0.2, 0) is 17.8 Å². The molecule has 0 atom stereocenters. The second kappa shape index (κ2) is 7.98. The van der Waals surface area contributed by atoms with Crippen LogP contribution < -0.4 is 15.4 Å². The number of amides is 2. The lowest BCUT2D eigenvalue weighted by molar-refractivity contribution is -0.120. The normalized spacial score (nSPS) is 10.2. The molecule has 122 valence electrons. The van der Waals surface area contributed by atoms with Gasteiger partial charge in [0.05, 0.1) is 19.9 Å². The number of methoxy groups -OCH3 is 1. The SMILES string of the molecule is CCc1ncc(C(=O)NCC(=O)NCc2ccc(OC)cc2)[nH]1. The topological polar surface area (TPSA) is 96.1 Å². The van der Waals surface area contributed by atoms with Gasteiger partial charge in [-0.1, -0.05) is 19.1 Å². The highest BCUT2D eigenvalue weighted by Crippen LogP contribution is 2.10. The van der Waals surface area contributed by atoms with Crippen molar-refractivity contribution < 1.29 is 14.3 Å². The first kappa shape index (κ1) is 16.5. The van der Waals surface area contributed by atoms with Gasteiger partial charge in [0.25, 0.3) is 5.91 Å². The molecular weight excluding hydrogens is 296 g/mol. The number of rotatable bonds is 7. The Morgan fingerprint density at radius 1 is 1.22 bits per heavy atom. The van der Waals surface area contributed by atoms with Crippen LogP contribution >= 0.6 is 0 Å². The van der Waals surface area contributed by atoms with Gasteiger partial charge in [0.15, 0.2) is 0 Å². The van der Waals surface area contributed by atoms with Gasteiger partial charge in [-0.25, -0.2) is 4.98 Å². The number of hydrogen-bond acceptors (Lipinski definition) is 4. The van der Waals surface area contributed by atoms with E-state index in [1.54, 1.807) is 7.11 Å². The molecule has 0 spiro atoms. The van der Waals surface area contributed by atoms with Gasteiger partial charge in [0.2, 0.25) is 5.91 Å². The molecule has 0 aliphatic rings. The molecule has 0 bridgehead atoms. The summed E-state index contributed by atoms with van der Waals surface area (Å²) in [6.45, 7) is 2.24. The van der Waals surface area contributed by atoms with E-state index in [2.05, 4.69) is 20.6 Å². The summed E-state index contributed by atoms with van der Waals surface area (Å²) in [4.78, 5) is 30.5. The molecule has 0 aliphatic carbocycles. The number of aromatic amines is 1. The molecule has 1 aromatic heterocycles. The second-order valence-corrected chi connectivity index (χ2v) is 4.90. The molecule has 1 aromatic carbocycles. The molecule has 23 heavy (non-hydrogen) atoms. The summed E-state index contributed by atoms with van der Waals surface area (Å²) in [5, 5.41) is 5.29. The Bertz CT molecular complexity index is 664. The third kappa shape index (κ3) is 4.84. The maximum absolute atomic E-state index is 11.8. The minimum absolute atomic E-state index is 0.0878. The molecule has 0 radical (unpaired) electrons. The first-order valence-electron chi connectivity index (χ1n) is 7.34. The van der Waals surface area contributed by atoms with E-state index in [0.29, 0.717) is 12.2 Å². The van der Waals surface area contributed by atoms with Crippen molar-refractivity contribution in [3.8, 4) is 5.75 Å². The van der Waals surface area contributed by atoms with Crippen molar-refractivity contribution in [1.29, 1.82) is 0 Å². The van der Waals surface area contributed by atoms with Crippen molar-refractivity contribution in [2.24, 2.45) is 0 Å². The monoisotopic (exact) mass is 316 g/mol. The lowest BCUT2D eigenvalue weighted by Crippen LogP contribution is -2.36. The van der Waals surface area contributed by atoms with Crippen molar-refractivity contribution in [2.45, 2.75) is 19.9 Å². The molecular formula is C16H20N4O3. The number of hydrogen-bond donors (Lipinski definition) is 3. The molecule has 0 aliphatic heterocycles. The van der Waals surface area contributed by atoms with Gasteiger partial charge in [-0.2, -0.15) is 0 Å². The Morgan fingerprint density at radius 2 is 1.96 bits per heavy atom. The predicted octanol–water partition coefficient (Wildman–Crippen LogP) is 1.03. The highest BCUT2D eigenvalue weighted by Gasteiger charge is 2.10. The average molecular weight is 316 g/mol. The van der Waals surface area contributed by atoms with Crippen LogP contribution in [-0.4, -0.2) is 35.4 Å². The lowest BCUT2D eigenvalue weighted by Gasteiger charge is -2.07. The summed E-state index contributed by atoms with van der Waals surface area (Å²) < 4.78 is 5.07. The molecule has 2 rings (SSSR count). The smallest absolute Gasteiger partial charge is 0.269 e. The van der Waals surface area contributed by atoms with Crippen molar-refractivity contribution in [3.63, 3.8) is 0 Å². The van der Waals surface area contributed by atoms with E-state index in [9.17, 15) is 9.59 Å². The van der Waals surface area contributed by atoms with Crippen molar-refractivity contribution in [2.75, 3.05) is 13.7 Å². The van der Waals surface area contributed by atoms with Crippen LogP contribution in [0, 0.1) is 0 Å². The molecule has 0 saturated carbocycles. The molecule has 2 amide bonds. The van der Waals surface area contributed by atoms with Gasteiger partial charge >= 0.3 is 0 Å². The van der Waals surface area contributed by atoms with Crippen LogP contribution in [0.15, 0.2) is 30.5 Å². The van der Waals surface area contributed by atoms with E-state index >= 15 is 0 Å². The Kier molecular flexibility index (Phi) is 5.74. The number of ether oxygens (including phenoxy) is 1. The standard InChI is InChI=1S/C16H20N4O3/c1-3-14-17-9-13(20-14)16(22)19-10-15(21)18-8-11-4-6-12(23-2)7-5-11/h4-7,9H,3,8,10H2,1-2H3,(H,17,20)(H,18,21)(H,19,22). The number of imidazole rings is 1. The zero-order valence-electron chi connectivity index (χ0n) is 13.2. The lowest BCUT2D eigenvalue weighted by atomic mass is 10.2. The Labute approximate surface area is 134 Å². The molecule has 0 saturated heterocycles. The summed E-state index contributed by atoms with van der Waals surface area (Å²) >= 11 is 0. The maximum Gasteiger partial charge on any atom is 0.269 e. The summed E-state index contributed by atoms with van der Waals surface area (Å²) in [5.41, 5.74) is 1.30. The van der Waals surface area contributed by atoms with E-state index < -0.39 is 0 Å². The first-order chi connectivity index (χ1) is 11.1. The number of nitrogens with zero attached hydrogens (tertiary/aromatic N) is 1. The number of H-pyrrole nitrogens is 1. The van der Waals surface area contributed by atoms with E-state index in [0.717, 1.165) is 23.6 Å². The number of benzene rings is 1. The zero-order chi connectivity index (χ0) is 16.7. The quantitative estimate of drug-likeness (QED) is 0.711. The van der Waals surface area contributed by atoms with E-state index in [1.807, 2.05) is 31.2 Å². The number of carbonyl (C=O) groups is 2. The van der Waals surface area contributed by atoms with Crippen molar-refractivity contribution in [3.05, 3.63) is 47.5 Å². The first-order valence-corrected chi connectivity index (χ1v) is 7.34. The van der Waals surface area contributed by atoms with Gasteiger partial charge in [-0.15, -0.1) is 0 Å². The van der Waals surface area contributed by atoms with E-state index in [-0.39, 0.29) is 18.4 Å². The van der Waals surface area contributed by atoms with Crippen LogP contribution in [0.2, 0.25) is 0 Å². The van der Waals surface area contributed by atoms with Crippen LogP contribution in [0.3, 0.4) is 0 Å². The fourth-order valence-corrected chi connectivity index (χ4v) is 1.92. The van der Waals surface area contributed by atoms with Gasteiger partial charge in [-0.05, 0) is 17.7 Å². The number of aromatic nitrogens is 2. The fourth-order valence-electron chi connectivity index (χ4n) is 1.92. The number of aryl methyl sites for hydroxylation is 1. The largest absolute Gasteiger partial charge is 0.497 e. The third-order valence-electron chi connectivity index (χ3n) is 3.27. The molecule has 3 N–H and O–H groups in total. The van der Waals surface area contributed by atoms with E-state index in [4.69, 9.17) is 4.74 Å². The molecule has 7 nitrogen and oxygen atoms in total. The highest BCUT2D eigenvalue weighted by atomic mass is 16.5. The number of nitrogens with one attached hydrogen (secondary N) is 3. The van der Waals surface area contributed by atoms with E-state index in [1.165, 1.54) is 6.20 Å². The summed E-state index contributed by atoms with van der Waals surface area (Å²) in [7, 11) is 1.60. The van der Waals surface area contributed by atoms with Crippen LogP contribution in [0.4, 0.5) is 0 Å². The van der Waals surface area contributed by atoms with Crippen molar-refractivity contribution in [1.82, 2.24) is 20.6 Å². The van der Waals surface area contributed by atoms with Gasteiger partial charge < -0.3 is 20.4 Å². The molecule has 1 heterocycles. The number of carbonyl (C=O) groups excluding carboxylic acids is 2. The minimum Gasteiger partial charge on any atom is -0.497 e. The Balaban J connectivity index is 1.74. The third-order valence-corrected chi connectivity index (χ3v) is 3.27. The summed E-state index contributed by atoms with van der Waals surface area (Å²) in [6, 6.07) is 7.39. The maximum atomic E-state index is 11.8. The molecule has 7 heteroatoms. The summed E-state index contributed by atoms with van der Waals surface area (Å²) in [5.74, 6) is 0.888. The summed E-state index contributed by atoms with van der Waals surface area (Å²) in [6.07, 6.45) is 2.18. The average Bonchev–Trinajstić information content (AvgIpc) is 3.07. The second-order valence-electron chi connectivity index (χ2n) is 4.90. The van der Waals surface area contributed by atoms with Crippen LogP contribution in [0.25, 0.3) is 0 Å². The Morgan fingerprint density at radius 3 is 2.57 bits per heavy atom. The van der Waals surface area contributed by atoms with Crippen molar-refractivity contribution >= 4 is 11.8 Å². The molecule has 2 aromatic rings. The van der Waals surface area contributed by atoms with Gasteiger partial charge in [-0.3, -0.25) is 9.59 Å². The highest BCUT2D eigenvalue weighted by molar-refractivity contribution is 5.94. The van der Waals surface area contributed by atoms with Gasteiger partial charge in [0.1, 0.15) is 17.3 Å². The fraction of sp³-hybridized carbons (Fsp3) is 0.312. The van der Waals surface area contributed by atoms with Crippen LogP contribution in [0.1, 0.15) is 28.8 Å². The molecule has 0 fully saturated rings. The molecule has 0 unspecified atom stereocenters. The van der Waals surface area contributed by atoms with Gasteiger partial charge in [0, 0.05) is 13.0 Å². The van der Waals surface area contributed by atoms with Crippen LogP contribution in [0.5, 0.6) is 5.75 Å².